The van der Waals surface area contributed by atoms with Gasteiger partial charge in [-0.25, -0.2) is 0 Å². The van der Waals surface area contributed by atoms with Crippen LogP contribution in [0.2, 0.25) is 0 Å². The normalized spacial score (nSPS) is 22.1. The molecule has 0 aliphatic carbocycles. The molecule has 2 aromatic rings. The van der Waals surface area contributed by atoms with Gasteiger partial charge >= 0.3 is 0 Å². The van der Waals surface area contributed by atoms with Gasteiger partial charge < -0.3 is 10.1 Å². The number of benzene rings is 1. The van der Waals surface area contributed by atoms with E-state index in [9.17, 15) is 10.1 Å². The molecule has 0 amide bonds. The smallest absolute Gasteiger partial charge is 0.278 e. The van der Waals surface area contributed by atoms with E-state index < -0.39 is 0 Å². The number of aromatic nitrogens is 1. The van der Waals surface area contributed by atoms with Crippen molar-refractivity contribution >= 4 is 22.3 Å². The topological polar surface area (TPSA) is 77.3 Å². The Labute approximate surface area is 122 Å². The first-order valence-corrected chi connectivity index (χ1v) is 7.05. The Morgan fingerprint density at radius 3 is 3.05 bits per heavy atom. The summed E-state index contributed by atoms with van der Waals surface area (Å²) in [7, 11) is 0. The van der Waals surface area contributed by atoms with Crippen molar-refractivity contribution in [2.24, 2.45) is 0 Å². The van der Waals surface area contributed by atoms with Crippen molar-refractivity contribution in [3.05, 3.63) is 40.6 Å². The highest BCUT2D eigenvalue weighted by molar-refractivity contribution is 5.96. The lowest BCUT2D eigenvalue weighted by molar-refractivity contribution is -0.383. The minimum atomic E-state index is -0.371. The predicted octanol–water partition coefficient (Wildman–Crippen LogP) is 3.12. The van der Waals surface area contributed by atoms with Crippen molar-refractivity contribution in [2.75, 3.05) is 11.9 Å². The molecule has 3 rings (SSSR count). The SMILES string of the molecule is CC1CC(Nc2ccc([N+](=O)[O-])c3cccnc23)CCO1. The highest BCUT2D eigenvalue weighted by Crippen LogP contribution is 2.31. The van der Waals surface area contributed by atoms with Crippen molar-refractivity contribution in [1.82, 2.24) is 4.98 Å². The molecule has 1 saturated heterocycles. The number of nitro benzene ring substituents is 1. The van der Waals surface area contributed by atoms with Gasteiger partial charge in [0.25, 0.3) is 5.69 Å². The van der Waals surface area contributed by atoms with Gasteiger partial charge in [0.05, 0.1) is 22.1 Å². The molecule has 21 heavy (non-hydrogen) atoms. The Balaban J connectivity index is 1.96. The van der Waals surface area contributed by atoms with E-state index in [4.69, 9.17) is 4.74 Å². The minimum absolute atomic E-state index is 0.0870. The average Bonchev–Trinajstić information content (AvgIpc) is 2.47. The van der Waals surface area contributed by atoms with Crippen LogP contribution in [0.1, 0.15) is 19.8 Å². The lowest BCUT2D eigenvalue weighted by Crippen LogP contribution is -2.32. The molecule has 2 atom stereocenters. The maximum absolute atomic E-state index is 11.1. The first kappa shape index (κ1) is 13.8. The Kier molecular flexibility index (Phi) is 3.70. The van der Waals surface area contributed by atoms with E-state index in [-0.39, 0.29) is 16.7 Å². The van der Waals surface area contributed by atoms with E-state index in [2.05, 4.69) is 17.2 Å². The van der Waals surface area contributed by atoms with E-state index in [1.165, 1.54) is 6.07 Å². The van der Waals surface area contributed by atoms with E-state index in [1.807, 2.05) is 0 Å². The molecule has 1 aromatic carbocycles. The van der Waals surface area contributed by atoms with Gasteiger partial charge in [-0.1, -0.05) is 0 Å². The summed E-state index contributed by atoms with van der Waals surface area (Å²) < 4.78 is 5.54. The quantitative estimate of drug-likeness (QED) is 0.693. The largest absolute Gasteiger partial charge is 0.380 e. The molecule has 0 bridgehead atoms. The van der Waals surface area contributed by atoms with Crippen LogP contribution < -0.4 is 5.32 Å². The van der Waals surface area contributed by atoms with Gasteiger partial charge in [-0.2, -0.15) is 0 Å². The van der Waals surface area contributed by atoms with E-state index in [0.717, 1.165) is 25.1 Å². The van der Waals surface area contributed by atoms with Gasteiger partial charge in [-0.05, 0) is 38.0 Å². The molecule has 0 saturated carbocycles. The minimum Gasteiger partial charge on any atom is -0.380 e. The number of non-ortho nitro benzene ring substituents is 1. The molecule has 1 N–H and O–H groups in total. The number of anilines is 1. The van der Waals surface area contributed by atoms with Gasteiger partial charge in [-0.15, -0.1) is 0 Å². The molecular formula is C15H17N3O3. The van der Waals surface area contributed by atoms with Crippen LogP contribution in [0, 0.1) is 10.1 Å². The number of nitrogens with one attached hydrogen (secondary N) is 1. The number of hydrogen-bond acceptors (Lipinski definition) is 5. The summed E-state index contributed by atoms with van der Waals surface area (Å²) in [6.45, 7) is 2.79. The van der Waals surface area contributed by atoms with Crippen LogP contribution in [0.4, 0.5) is 11.4 Å². The Morgan fingerprint density at radius 1 is 1.43 bits per heavy atom. The highest BCUT2D eigenvalue weighted by Gasteiger charge is 2.21. The van der Waals surface area contributed by atoms with Crippen molar-refractivity contribution in [3.63, 3.8) is 0 Å². The monoisotopic (exact) mass is 287 g/mol. The number of rotatable bonds is 3. The molecule has 0 radical (unpaired) electrons. The van der Waals surface area contributed by atoms with Crippen LogP contribution in [-0.2, 0) is 4.74 Å². The molecule has 110 valence electrons. The zero-order valence-corrected chi connectivity index (χ0v) is 11.8. The van der Waals surface area contributed by atoms with Gasteiger partial charge in [-0.3, -0.25) is 15.1 Å². The molecule has 2 unspecified atom stereocenters. The Hall–Kier alpha value is -2.21. The molecule has 0 spiro atoms. The van der Waals surface area contributed by atoms with Crippen molar-refractivity contribution in [3.8, 4) is 0 Å². The second kappa shape index (κ2) is 5.65. The van der Waals surface area contributed by atoms with Crippen LogP contribution in [0.3, 0.4) is 0 Å². The van der Waals surface area contributed by atoms with Crippen LogP contribution in [0.15, 0.2) is 30.5 Å². The number of pyridine rings is 1. The molecule has 1 aromatic heterocycles. The fourth-order valence-corrected chi connectivity index (χ4v) is 2.78. The first-order chi connectivity index (χ1) is 10.1. The van der Waals surface area contributed by atoms with Crippen molar-refractivity contribution < 1.29 is 9.66 Å². The molecule has 1 fully saturated rings. The summed E-state index contributed by atoms with van der Waals surface area (Å²) in [6.07, 6.45) is 3.73. The lowest BCUT2D eigenvalue weighted by Gasteiger charge is -2.28. The third kappa shape index (κ3) is 2.80. The van der Waals surface area contributed by atoms with E-state index >= 15 is 0 Å². The van der Waals surface area contributed by atoms with Crippen LogP contribution in [0.5, 0.6) is 0 Å². The zero-order valence-electron chi connectivity index (χ0n) is 11.8. The van der Waals surface area contributed by atoms with Crippen molar-refractivity contribution in [2.45, 2.75) is 31.9 Å². The van der Waals surface area contributed by atoms with E-state index in [1.54, 1.807) is 24.4 Å². The van der Waals surface area contributed by atoms with Gasteiger partial charge in [0.2, 0.25) is 0 Å². The van der Waals surface area contributed by atoms with Crippen molar-refractivity contribution in [1.29, 1.82) is 0 Å². The van der Waals surface area contributed by atoms with Crippen LogP contribution >= 0.6 is 0 Å². The third-order valence-corrected chi connectivity index (χ3v) is 3.79. The molecule has 1 aliphatic heterocycles. The maximum atomic E-state index is 11.1. The number of nitrogens with zero attached hydrogens (tertiary/aromatic N) is 2. The van der Waals surface area contributed by atoms with Gasteiger partial charge in [0.1, 0.15) is 5.52 Å². The van der Waals surface area contributed by atoms with Crippen LogP contribution in [0.25, 0.3) is 10.9 Å². The fraction of sp³-hybridized carbons (Fsp3) is 0.400. The Bertz CT molecular complexity index is 674. The van der Waals surface area contributed by atoms with Gasteiger partial charge in [0.15, 0.2) is 0 Å². The summed E-state index contributed by atoms with van der Waals surface area (Å²) in [4.78, 5) is 15.0. The second-order valence-electron chi connectivity index (χ2n) is 5.34. The molecule has 2 heterocycles. The highest BCUT2D eigenvalue weighted by atomic mass is 16.6. The summed E-state index contributed by atoms with van der Waals surface area (Å²) >= 11 is 0. The summed E-state index contributed by atoms with van der Waals surface area (Å²) in [6, 6.07) is 7.04. The Morgan fingerprint density at radius 2 is 2.29 bits per heavy atom. The molecular weight excluding hydrogens is 270 g/mol. The predicted molar refractivity (Wildman–Crippen MR) is 80.5 cm³/mol. The fourth-order valence-electron chi connectivity index (χ4n) is 2.78. The second-order valence-corrected chi connectivity index (χ2v) is 5.34. The third-order valence-electron chi connectivity index (χ3n) is 3.79. The number of fused-ring (bicyclic) bond motifs is 1. The summed E-state index contributed by atoms with van der Waals surface area (Å²) in [5.74, 6) is 0. The first-order valence-electron chi connectivity index (χ1n) is 7.05. The standard InChI is InChI=1S/C15H17N3O3/c1-10-9-11(6-8-21-10)17-13-4-5-14(18(19)20)12-3-2-7-16-15(12)13/h2-5,7,10-11,17H,6,8-9H2,1H3. The van der Waals surface area contributed by atoms with E-state index in [0.29, 0.717) is 16.9 Å². The van der Waals surface area contributed by atoms with Crippen LogP contribution in [-0.4, -0.2) is 28.7 Å². The summed E-state index contributed by atoms with van der Waals surface area (Å²) in [5.41, 5.74) is 1.57. The maximum Gasteiger partial charge on any atom is 0.278 e. The number of nitro groups is 1. The summed E-state index contributed by atoms with van der Waals surface area (Å²) in [5, 5.41) is 15.1. The number of ether oxygens (including phenoxy) is 1. The number of hydrogen-bond donors (Lipinski definition) is 1. The van der Waals surface area contributed by atoms with Gasteiger partial charge in [0, 0.05) is 24.9 Å². The average molecular weight is 287 g/mol. The lowest BCUT2D eigenvalue weighted by atomic mass is 10.0. The zero-order chi connectivity index (χ0) is 14.8. The molecule has 6 nitrogen and oxygen atoms in total. The molecule has 1 aliphatic rings. The molecule has 6 heteroatoms.